The van der Waals surface area contributed by atoms with E-state index in [1.807, 2.05) is 5.01 Å². The van der Waals surface area contributed by atoms with Gasteiger partial charge in [-0.1, -0.05) is 6.07 Å². The fraction of sp³-hybridized carbons (Fsp3) is 0.650. The molecule has 1 aromatic carbocycles. The Morgan fingerprint density at radius 1 is 1.25 bits per heavy atom. The maximum absolute atomic E-state index is 13.2. The van der Waals surface area contributed by atoms with Crippen LogP contribution in [-0.2, 0) is 35.6 Å². The number of nitrogens with one attached hydrogen (secondary N) is 2. The predicted octanol–water partition coefficient (Wildman–Crippen LogP) is 2.87. The van der Waals surface area contributed by atoms with Crippen molar-refractivity contribution in [2.24, 2.45) is 9.50 Å². The van der Waals surface area contributed by atoms with E-state index in [0.717, 1.165) is 50.8 Å². The molecule has 0 aromatic heterocycles. The summed E-state index contributed by atoms with van der Waals surface area (Å²) in [5.74, 6) is 0. The third-order valence-corrected chi connectivity index (χ3v) is 8.43. The Labute approximate surface area is 167 Å². The molecule has 8 heteroatoms. The molecule has 0 bridgehead atoms. The van der Waals surface area contributed by atoms with Crippen molar-refractivity contribution < 1.29 is 9.00 Å². The van der Waals surface area contributed by atoms with Gasteiger partial charge in [0.15, 0.2) is 0 Å². The standard InChI is InChI=1S/C20H31N5O2S/c1-13(2)25-11-10-20(3,24-25)28(21,27)23-19(26)22-18-16-8-4-6-14(16)12-15-7-5-9-17(15)18/h12-13,24H,4-11H2,1-3H3,(H3,21,22,23,26,27). The van der Waals surface area contributed by atoms with Crippen LogP contribution in [0, 0.1) is 0 Å². The van der Waals surface area contributed by atoms with Gasteiger partial charge in [0.2, 0.25) is 0 Å². The molecule has 0 radical (unpaired) electrons. The maximum atomic E-state index is 13.2. The van der Waals surface area contributed by atoms with E-state index in [0.29, 0.717) is 6.42 Å². The summed E-state index contributed by atoms with van der Waals surface area (Å²) in [5.41, 5.74) is 9.24. The van der Waals surface area contributed by atoms with Crippen LogP contribution in [0.1, 0.15) is 62.3 Å². The molecule has 4 N–H and O–H groups in total. The Kier molecular flexibility index (Phi) is 5.02. The molecule has 2 aliphatic carbocycles. The molecule has 1 aliphatic heterocycles. The minimum atomic E-state index is -3.26. The number of nitrogens with zero attached hydrogens (tertiary/aromatic N) is 2. The maximum Gasteiger partial charge on any atom is 0.354 e. The average molecular weight is 406 g/mol. The van der Waals surface area contributed by atoms with Crippen LogP contribution in [0.15, 0.2) is 10.4 Å². The van der Waals surface area contributed by atoms with E-state index < -0.39 is 20.8 Å². The highest BCUT2D eigenvalue weighted by molar-refractivity contribution is 7.93. The van der Waals surface area contributed by atoms with Gasteiger partial charge in [-0.25, -0.2) is 24.6 Å². The van der Waals surface area contributed by atoms with Gasteiger partial charge in [-0.2, -0.15) is 0 Å². The van der Waals surface area contributed by atoms with Crippen LogP contribution < -0.4 is 15.9 Å². The predicted molar refractivity (Wildman–Crippen MR) is 112 cm³/mol. The number of hydrogen-bond acceptors (Lipinski definition) is 4. The molecule has 7 nitrogen and oxygen atoms in total. The number of anilines is 1. The zero-order chi connectivity index (χ0) is 20.1. The quantitative estimate of drug-likeness (QED) is 0.720. The zero-order valence-corrected chi connectivity index (χ0v) is 17.8. The summed E-state index contributed by atoms with van der Waals surface area (Å²) < 4.78 is 17.2. The van der Waals surface area contributed by atoms with Gasteiger partial charge >= 0.3 is 6.03 Å². The summed E-state index contributed by atoms with van der Waals surface area (Å²) in [5, 5.41) is 11.1. The molecule has 0 saturated carbocycles. The number of urea groups is 1. The van der Waals surface area contributed by atoms with Gasteiger partial charge in [0.1, 0.15) is 14.8 Å². The first-order valence-electron chi connectivity index (χ1n) is 10.3. The van der Waals surface area contributed by atoms with Crippen molar-refractivity contribution >= 4 is 21.6 Å². The first kappa shape index (κ1) is 19.8. The van der Waals surface area contributed by atoms with Gasteiger partial charge in [-0.05, 0) is 88.0 Å². The molecule has 2 atom stereocenters. The molecule has 2 amide bonds. The Morgan fingerprint density at radius 3 is 2.39 bits per heavy atom. The van der Waals surface area contributed by atoms with Crippen molar-refractivity contribution in [1.29, 1.82) is 0 Å². The van der Waals surface area contributed by atoms with E-state index >= 15 is 0 Å². The van der Waals surface area contributed by atoms with Crippen molar-refractivity contribution in [3.05, 3.63) is 28.3 Å². The number of carbonyl (C=O) groups is 1. The molecule has 1 heterocycles. The summed E-state index contributed by atoms with van der Waals surface area (Å²) in [6, 6.07) is 1.96. The molecule has 1 aromatic rings. The Hall–Kier alpha value is -1.48. The summed E-state index contributed by atoms with van der Waals surface area (Å²) in [7, 11) is -3.26. The SMILES string of the molecule is CC(C)N1CCC(C)(S(N)(=O)=NC(=O)Nc2c3c(cc4c2CCC4)CCC3)N1. The normalized spacial score (nSPS) is 26.2. The number of hydrazine groups is 1. The fourth-order valence-corrected chi connectivity index (χ4v) is 5.79. The van der Waals surface area contributed by atoms with Gasteiger partial charge in [-0.15, -0.1) is 4.36 Å². The molecule has 3 aliphatic rings. The van der Waals surface area contributed by atoms with Crippen LogP contribution in [0.3, 0.4) is 0 Å². The molecule has 0 spiro atoms. The molecular formula is C20H31N5O2S. The highest BCUT2D eigenvalue weighted by atomic mass is 32.2. The van der Waals surface area contributed by atoms with Crippen molar-refractivity contribution in [2.45, 2.75) is 76.6 Å². The van der Waals surface area contributed by atoms with Gasteiger partial charge in [0.05, 0.1) is 0 Å². The van der Waals surface area contributed by atoms with Crippen LogP contribution in [-0.4, -0.2) is 32.7 Å². The molecular weight excluding hydrogens is 374 g/mol. The highest BCUT2D eigenvalue weighted by Crippen LogP contribution is 2.38. The van der Waals surface area contributed by atoms with E-state index in [4.69, 9.17) is 5.14 Å². The van der Waals surface area contributed by atoms with E-state index in [1.54, 1.807) is 6.92 Å². The fourth-order valence-electron chi connectivity index (χ4n) is 4.67. The second-order valence-electron chi connectivity index (χ2n) is 8.70. The molecule has 1 saturated heterocycles. The zero-order valence-electron chi connectivity index (χ0n) is 17.0. The van der Waals surface area contributed by atoms with Crippen molar-refractivity contribution in [3.8, 4) is 0 Å². The molecule has 4 rings (SSSR count). The Balaban J connectivity index is 1.61. The second-order valence-corrected chi connectivity index (χ2v) is 10.9. The minimum absolute atomic E-state index is 0.250. The summed E-state index contributed by atoms with van der Waals surface area (Å²) in [6.07, 6.45) is 6.86. The lowest BCUT2D eigenvalue weighted by Gasteiger charge is -2.28. The van der Waals surface area contributed by atoms with Crippen molar-refractivity contribution in [1.82, 2.24) is 10.4 Å². The number of hydrogen-bond donors (Lipinski definition) is 3. The van der Waals surface area contributed by atoms with Gasteiger partial charge in [-0.3, -0.25) is 0 Å². The molecule has 2 unspecified atom stereocenters. The van der Waals surface area contributed by atoms with Crippen LogP contribution in [0.5, 0.6) is 0 Å². The number of rotatable bonds is 3. The van der Waals surface area contributed by atoms with Crippen LogP contribution >= 0.6 is 0 Å². The van der Waals surface area contributed by atoms with Crippen LogP contribution in [0.4, 0.5) is 10.5 Å². The Morgan fingerprint density at radius 2 is 1.86 bits per heavy atom. The number of benzene rings is 1. The number of nitrogens with two attached hydrogens (primary N) is 1. The largest absolute Gasteiger partial charge is 0.354 e. The van der Waals surface area contributed by atoms with Crippen LogP contribution in [0.2, 0.25) is 0 Å². The van der Waals surface area contributed by atoms with Crippen molar-refractivity contribution in [3.63, 3.8) is 0 Å². The third kappa shape index (κ3) is 3.36. The summed E-state index contributed by atoms with van der Waals surface area (Å²) >= 11 is 0. The summed E-state index contributed by atoms with van der Waals surface area (Å²) in [6.45, 7) is 6.61. The van der Waals surface area contributed by atoms with E-state index in [2.05, 4.69) is 35.0 Å². The number of amides is 2. The summed E-state index contributed by atoms with van der Waals surface area (Å²) in [4.78, 5) is 11.8. The third-order valence-electron chi connectivity index (χ3n) is 6.40. The van der Waals surface area contributed by atoms with Gasteiger partial charge < -0.3 is 5.32 Å². The smallest absolute Gasteiger partial charge is 0.305 e. The topological polar surface area (TPSA) is 99.8 Å². The minimum Gasteiger partial charge on any atom is -0.305 e. The number of fused-ring (bicyclic) bond motifs is 2. The lowest BCUT2D eigenvalue weighted by Crippen LogP contribution is -2.53. The number of carbonyl (C=O) groups excluding carboxylic acids is 1. The monoisotopic (exact) mass is 405 g/mol. The molecule has 1 fully saturated rings. The highest BCUT2D eigenvalue weighted by Gasteiger charge is 2.42. The van der Waals surface area contributed by atoms with E-state index in [-0.39, 0.29) is 6.04 Å². The molecule has 154 valence electrons. The van der Waals surface area contributed by atoms with Gasteiger partial charge in [0.25, 0.3) is 0 Å². The lowest BCUT2D eigenvalue weighted by atomic mass is 9.99. The Bertz CT molecular complexity index is 903. The van der Waals surface area contributed by atoms with Crippen LogP contribution in [0.25, 0.3) is 0 Å². The van der Waals surface area contributed by atoms with E-state index in [9.17, 15) is 9.00 Å². The van der Waals surface area contributed by atoms with E-state index in [1.165, 1.54) is 22.3 Å². The average Bonchev–Trinajstić information content (AvgIpc) is 3.33. The van der Waals surface area contributed by atoms with Crippen molar-refractivity contribution in [2.75, 3.05) is 11.9 Å². The number of aryl methyl sites for hydroxylation is 2. The van der Waals surface area contributed by atoms with Gasteiger partial charge in [0, 0.05) is 18.3 Å². The first-order valence-corrected chi connectivity index (χ1v) is 11.8. The first-order chi connectivity index (χ1) is 13.2. The molecule has 28 heavy (non-hydrogen) atoms. The second kappa shape index (κ2) is 7.09. The lowest BCUT2D eigenvalue weighted by molar-refractivity contribution is 0.181.